The summed E-state index contributed by atoms with van der Waals surface area (Å²) in [5, 5.41) is 11.9. The van der Waals surface area contributed by atoms with Crippen molar-refractivity contribution in [2.45, 2.75) is 19.1 Å². The topological polar surface area (TPSA) is 84.6 Å². The third kappa shape index (κ3) is 3.97. The Bertz CT molecular complexity index is 424. The van der Waals surface area contributed by atoms with Crippen molar-refractivity contribution in [1.82, 2.24) is 5.32 Å². The van der Waals surface area contributed by atoms with Gasteiger partial charge < -0.3 is 20.9 Å². The van der Waals surface area contributed by atoms with Crippen LogP contribution in [0, 0.1) is 0 Å². The summed E-state index contributed by atoms with van der Waals surface area (Å²) in [7, 11) is 1.56. The Kier molecular flexibility index (Phi) is 5.58. The van der Waals surface area contributed by atoms with Crippen LogP contribution in [-0.4, -0.2) is 36.8 Å². The number of halogens is 1. The minimum absolute atomic E-state index is 0.222. The van der Waals surface area contributed by atoms with Gasteiger partial charge in [-0.1, -0.05) is 0 Å². The predicted octanol–water partition coefficient (Wildman–Crippen LogP) is 0.896. The van der Waals surface area contributed by atoms with Gasteiger partial charge in [-0.25, -0.2) is 0 Å². The molecule has 0 heterocycles. The summed E-state index contributed by atoms with van der Waals surface area (Å²) in [6.45, 7) is 1.81. The summed E-state index contributed by atoms with van der Waals surface area (Å²) in [6, 6.07) is 4.55. The molecule has 18 heavy (non-hydrogen) atoms. The van der Waals surface area contributed by atoms with Crippen LogP contribution in [-0.2, 0) is 0 Å². The van der Waals surface area contributed by atoms with Crippen molar-refractivity contribution in [3.8, 4) is 5.75 Å². The number of hydrogen-bond acceptors (Lipinski definition) is 4. The molecule has 2 atom stereocenters. The average molecular weight is 317 g/mol. The van der Waals surface area contributed by atoms with E-state index in [9.17, 15) is 9.90 Å². The van der Waals surface area contributed by atoms with Gasteiger partial charge in [0.05, 0.1) is 17.7 Å². The number of hydrogen-bond donors (Lipinski definition) is 3. The fourth-order valence-corrected chi connectivity index (χ4v) is 1.83. The minimum atomic E-state index is -0.659. The van der Waals surface area contributed by atoms with Crippen LogP contribution in [0.4, 0.5) is 0 Å². The van der Waals surface area contributed by atoms with E-state index in [1.54, 1.807) is 32.2 Å². The second-order valence-corrected chi connectivity index (χ2v) is 4.82. The standard InChI is InChI=1S/C12H17BrN2O3/c1-7(16)10(14)6-15-12(17)8-3-4-11(18-2)9(13)5-8/h3-5,7,10,16H,6,14H2,1-2H3,(H,15,17). The summed E-state index contributed by atoms with van der Waals surface area (Å²) in [6.07, 6.45) is -0.659. The molecule has 4 N–H and O–H groups in total. The van der Waals surface area contributed by atoms with Crippen molar-refractivity contribution >= 4 is 21.8 Å². The van der Waals surface area contributed by atoms with E-state index in [0.29, 0.717) is 15.8 Å². The maximum Gasteiger partial charge on any atom is 0.251 e. The van der Waals surface area contributed by atoms with Crippen molar-refractivity contribution in [2.75, 3.05) is 13.7 Å². The van der Waals surface area contributed by atoms with E-state index in [1.165, 1.54) is 0 Å². The van der Waals surface area contributed by atoms with E-state index >= 15 is 0 Å². The molecule has 100 valence electrons. The van der Waals surface area contributed by atoms with Gasteiger partial charge in [0.1, 0.15) is 5.75 Å². The Hall–Kier alpha value is -1.11. The summed E-state index contributed by atoms with van der Waals surface area (Å²) in [5.74, 6) is 0.418. The van der Waals surface area contributed by atoms with Gasteiger partial charge in [0.15, 0.2) is 0 Å². The van der Waals surface area contributed by atoms with Crippen LogP contribution in [0.2, 0.25) is 0 Å². The first-order valence-electron chi connectivity index (χ1n) is 5.51. The average Bonchev–Trinajstić information content (AvgIpc) is 2.35. The molecule has 0 bridgehead atoms. The lowest BCUT2D eigenvalue weighted by molar-refractivity contribution is 0.0937. The zero-order chi connectivity index (χ0) is 13.7. The molecule has 0 spiro atoms. The molecule has 5 nitrogen and oxygen atoms in total. The quantitative estimate of drug-likeness (QED) is 0.753. The van der Waals surface area contributed by atoms with E-state index in [2.05, 4.69) is 21.2 Å². The smallest absolute Gasteiger partial charge is 0.251 e. The molecule has 0 saturated carbocycles. The molecular formula is C12H17BrN2O3. The molecule has 1 aromatic carbocycles. The van der Waals surface area contributed by atoms with Crippen LogP contribution in [0.25, 0.3) is 0 Å². The van der Waals surface area contributed by atoms with Gasteiger partial charge in [-0.2, -0.15) is 0 Å². The van der Waals surface area contributed by atoms with Crippen molar-refractivity contribution in [2.24, 2.45) is 5.73 Å². The number of aliphatic hydroxyl groups is 1. The first kappa shape index (κ1) is 14.9. The normalized spacial score (nSPS) is 13.8. The second kappa shape index (κ2) is 6.72. The van der Waals surface area contributed by atoms with E-state index < -0.39 is 12.1 Å². The molecule has 0 aliphatic rings. The third-order valence-electron chi connectivity index (χ3n) is 2.53. The SMILES string of the molecule is COc1ccc(C(=O)NCC(N)C(C)O)cc1Br. The molecule has 0 saturated heterocycles. The van der Waals surface area contributed by atoms with Gasteiger partial charge in [-0.05, 0) is 41.1 Å². The van der Waals surface area contributed by atoms with Gasteiger partial charge >= 0.3 is 0 Å². The molecule has 0 fully saturated rings. The number of rotatable bonds is 5. The van der Waals surface area contributed by atoms with Gasteiger partial charge in [0.25, 0.3) is 5.91 Å². The van der Waals surface area contributed by atoms with Gasteiger partial charge in [0, 0.05) is 18.2 Å². The highest BCUT2D eigenvalue weighted by atomic mass is 79.9. The van der Waals surface area contributed by atoms with Crippen LogP contribution >= 0.6 is 15.9 Å². The summed E-state index contributed by atoms with van der Waals surface area (Å²) < 4.78 is 5.78. The van der Waals surface area contributed by atoms with Crippen LogP contribution in [0.5, 0.6) is 5.75 Å². The number of nitrogens with one attached hydrogen (secondary N) is 1. The number of ether oxygens (including phenoxy) is 1. The number of carbonyl (C=O) groups excluding carboxylic acids is 1. The maximum atomic E-state index is 11.8. The van der Waals surface area contributed by atoms with E-state index in [-0.39, 0.29) is 12.5 Å². The second-order valence-electron chi connectivity index (χ2n) is 3.96. The van der Waals surface area contributed by atoms with Crippen molar-refractivity contribution < 1.29 is 14.6 Å². The summed E-state index contributed by atoms with van der Waals surface area (Å²) in [4.78, 5) is 11.8. The Labute approximate surface area is 114 Å². The number of aliphatic hydroxyl groups excluding tert-OH is 1. The Balaban J connectivity index is 2.65. The van der Waals surface area contributed by atoms with Gasteiger partial charge in [-0.15, -0.1) is 0 Å². The van der Waals surface area contributed by atoms with E-state index in [4.69, 9.17) is 10.5 Å². The lowest BCUT2D eigenvalue weighted by Gasteiger charge is -2.15. The van der Waals surface area contributed by atoms with Crippen LogP contribution in [0.3, 0.4) is 0 Å². The van der Waals surface area contributed by atoms with Crippen LogP contribution < -0.4 is 15.8 Å². The van der Waals surface area contributed by atoms with Gasteiger partial charge in [0.2, 0.25) is 0 Å². The zero-order valence-corrected chi connectivity index (χ0v) is 11.9. The molecule has 2 unspecified atom stereocenters. The highest BCUT2D eigenvalue weighted by Gasteiger charge is 2.13. The Morgan fingerprint density at radius 2 is 2.28 bits per heavy atom. The number of nitrogens with two attached hydrogens (primary N) is 1. The van der Waals surface area contributed by atoms with Crippen molar-refractivity contribution in [3.05, 3.63) is 28.2 Å². The lowest BCUT2D eigenvalue weighted by Crippen LogP contribution is -2.43. The molecule has 0 aromatic heterocycles. The lowest BCUT2D eigenvalue weighted by atomic mass is 10.1. The number of carbonyl (C=O) groups is 1. The number of amides is 1. The zero-order valence-electron chi connectivity index (χ0n) is 10.3. The monoisotopic (exact) mass is 316 g/mol. The molecule has 1 rings (SSSR count). The molecule has 0 aliphatic carbocycles. The fourth-order valence-electron chi connectivity index (χ4n) is 1.29. The van der Waals surface area contributed by atoms with Crippen LogP contribution in [0.15, 0.2) is 22.7 Å². The molecular weight excluding hydrogens is 300 g/mol. The Morgan fingerprint density at radius 1 is 1.61 bits per heavy atom. The van der Waals surface area contributed by atoms with Crippen molar-refractivity contribution in [3.63, 3.8) is 0 Å². The highest BCUT2D eigenvalue weighted by molar-refractivity contribution is 9.10. The first-order valence-corrected chi connectivity index (χ1v) is 6.30. The largest absolute Gasteiger partial charge is 0.496 e. The first-order chi connectivity index (χ1) is 8.45. The number of benzene rings is 1. The van der Waals surface area contributed by atoms with E-state index in [0.717, 1.165) is 0 Å². The van der Waals surface area contributed by atoms with Gasteiger partial charge in [-0.3, -0.25) is 4.79 Å². The summed E-state index contributed by atoms with van der Waals surface area (Å²) >= 11 is 3.31. The molecule has 0 radical (unpaired) electrons. The highest BCUT2D eigenvalue weighted by Crippen LogP contribution is 2.25. The minimum Gasteiger partial charge on any atom is -0.496 e. The molecule has 0 aliphatic heterocycles. The van der Waals surface area contributed by atoms with Crippen molar-refractivity contribution in [1.29, 1.82) is 0 Å². The molecule has 1 aromatic rings. The fraction of sp³-hybridized carbons (Fsp3) is 0.417. The number of methoxy groups -OCH3 is 1. The summed E-state index contributed by atoms with van der Waals surface area (Å²) in [5.41, 5.74) is 6.12. The molecule has 6 heteroatoms. The predicted molar refractivity (Wildman–Crippen MR) is 72.7 cm³/mol. The van der Waals surface area contributed by atoms with E-state index in [1.807, 2.05) is 0 Å². The Morgan fingerprint density at radius 3 is 2.78 bits per heavy atom. The maximum absolute atomic E-state index is 11.8. The van der Waals surface area contributed by atoms with Crippen LogP contribution in [0.1, 0.15) is 17.3 Å². The third-order valence-corrected chi connectivity index (χ3v) is 3.15. The molecule has 1 amide bonds.